The number of aliphatic hydroxyl groups excluding tert-OH is 1. The van der Waals surface area contributed by atoms with Crippen molar-refractivity contribution in [3.05, 3.63) is 48.3 Å². The molecule has 2 aromatic rings. The van der Waals surface area contributed by atoms with Crippen LogP contribution in [0.3, 0.4) is 0 Å². The largest absolute Gasteiger partial charge is 0.392 e. The lowest BCUT2D eigenvalue weighted by molar-refractivity contribution is -0.126. The molecular weight excluding hydrogens is 384 g/mol. The van der Waals surface area contributed by atoms with Crippen molar-refractivity contribution in [3.63, 3.8) is 0 Å². The minimum atomic E-state index is -0.507. The van der Waals surface area contributed by atoms with Gasteiger partial charge in [-0.3, -0.25) is 19.5 Å². The average molecular weight is 412 g/mol. The van der Waals surface area contributed by atoms with Crippen LogP contribution in [-0.4, -0.2) is 79.1 Å². The highest BCUT2D eigenvalue weighted by Gasteiger charge is 2.41. The van der Waals surface area contributed by atoms with Gasteiger partial charge in [0.1, 0.15) is 5.69 Å². The van der Waals surface area contributed by atoms with Gasteiger partial charge in [-0.25, -0.2) is 4.98 Å². The van der Waals surface area contributed by atoms with E-state index in [2.05, 4.69) is 20.2 Å². The summed E-state index contributed by atoms with van der Waals surface area (Å²) in [7, 11) is 1.84. The number of pyridine rings is 1. The molecule has 2 aromatic heterocycles. The van der Waals surface area contributed by atoms with Crippen molar-refractivity contribution in [3.8, 4) is 0 Å². The lowest BCUT2D eigenvalue weighted by Crippen LogP contribution is -2.52. The Kier molecular flexibility index (Phi) is 6.10. The van der Waals surface area contributed by atoms with Gasteiger partial charge >= 0.3 is 0 Å². The Hall–Kier alpha value is -2.78. The Morgan fingerprint density at radius 3 is 2.77 bits per heavy atom. The number of piperidine rings is 1. The predicted molar refractivity (Wildman–Crippen MR) is 109 cm³/mol. The van der Waals surface area contributed by atoms with Crippen molar-refractivity contribution in [2.75, 3.05) is 19.6 Å². The van der Waals surface area contributed by atoms with Crippen molar-refractivity contribution in [1.82, 2.24) is 29.7 Å². The molecule has 2 fully saturated rings. The SMILES string of the molecule is Cn1cnc(C(=O)N2CCC(N3C[C@H](O)C[C@H]3C(=O)NCc3cccnc3)CC2)c1. The van der Waals surface area contributed by atoms with E-state index in [4.69, 9.17) is 0 Å². The quantitative estimate of drug-likeness (QED) is 0.726. The molecule has 4 heterocycles. The molecule has 9 nitrogen and oxygen atoms in total. The smallest absolute Gasteiger partial charge is 0.274 e. The number of nitrogens with one attached hydrogen (secondary N) is 1. The van der Waals surface area contributed by atoms with Crippen LogP contribution in [-0.2, 0) is 18.4 Å². The number of aryl methyl sites for hydroxylation is 1. The maximum absolute atomic E-state index is 12.8. The number of aliphatic hydroxyl groups is 1. The first-order valence-corrected chi connectivity index (χ1v) is 10.4. The number of nitrogens with zero attached hydrogens (tertiary/aromatic N) is 5. The van der Waals surface area contributed by atoms with Crippen molar-refractivity contribution >= 4 is 11.8 Å². The van der Waals surface area contributed by atoms with Crippen LogP contribution < -0.4 is 5.32 Å². The standard InChI is InChI=1S/C21H28N6O3/c1-25-13-18(24-14-25)21(30)26-7-4-16(5-8-26)27-12-17(28)9-19(27)20(29)23-11-15-3-2-6-22-10-15/h2-3,6,10,13-14,16-17,19,28H,4-5,7-9,11-12H2,1H3,(H,23,29)/t17-,19+/m1/s1. The summed E-state index contributed by atoms with van der Waals surface area (Å²) in [6.45, 7) is 2.15. The fraction of sp³-hybridized carbons (Fsp3) is 0.524. The van der Waals surface area contributed by atoms with Crippen molar-refractivity contribution in [1.29, 1.82) is 0 Å². The molecular formula is C21H28N6O3. The second-order valence-electron chi connectivity index (χ2n) is 8.13. The second-order valence-corrected chi connectivity index (χ2v) is 8.13. The third kappa shape index (κ3) is 4.52. The van der Waals surface area contributed by atoms with Gasteiger partial charge in [-0.05, 0) is 30.9 Å². The molecule has 2 aliphatic rings. The number of likely N-dealkylation sites (tertiary alicyclic amines) is 2. The molecule has 2 amide bonds. The van der Waals surface area contributed by atoms with Gasteiger partial charge in [0.25, 0.3) is 5.91 Å². The molecule has 2 N–H and O–H groups in total. The summed E-state index contributed by atoms with van der Waals surface area (Å²) < 4.78 is 1.76. The highest BCUT2D eigenvalue weighted by Crippen LogP contribution is 2.27. The van der Waals surface area contributed by atoms with E-state index in [0.29, 0.717) is 38.3 Å². The number of imidazole rings is 1. The van der Waals surface area contributed by atoms with E-state index in [1.807, 2.05) is 24.1 Å². The number of hydrogen-bond donors (Lipinski definition) is 2. The highest BCUT2D eigenvalue weighted by molar-refractivity contribution is 5.92. The Morgan fingerprint density at radius 1 is 1.30 bits per heavy atom. The highest BCUT2D eigenvalue weighted by atomic mass is 16.3. The number of amides is 2. The van der Waals surface area contributed by atoms with Crippen LogP contribution in [0.2, 0.25) is 0 Å². The zero-order valence-corrected chi connectivity index (χ0v) is 17.1. The van der Waals surface area contributed by atoms with Gasteiger partial charge in [-0.15, -0.1) is 0 Å². The molecule has 0 radical (unpaired) electrons. The van der Waals surface area contributed by atoms with Crippen LogP contribution in [0.15, 0.2) is 37.1 Å². The molecule has 9 heteroatoms. The van der Waals surface area contributed by atoms with E-state index in [9.17, 15) is 14.7 Å². The molecule has 30 heavy (non-hydrogen) atoms. The normalized spacial score (nSPS) is 22.9. The van der Waals surface area contributed by atoms with E-state index >= 15 is 0 Å². The van der Waals surface area contributed by atoms with Crippen LogP contribution >= 0.6 is 0 Å². The summed E-state index contributed by atoms with van der Waals surface area (Å²) in [6.07, 6.45) is 8.27. The van der Waals surface area contributed by atoms with Crippen LogP contribution in [0.1, 0.15) is 35.3 Å². The summed E-state index contributed by atoms with van der Waals surface area (Å²) in [6, 6.07) is 3.58. The maximum atomic E-state index is 12.8. The molecule has 0 bridgehead atoms. The van der Waals surface area contributed by atoms with Gasteiger partial charge in [-0.1, -0.05) is 6.07 Å². The number of aromatic nitrogens is 3. The molecule has 2 saturated heterocycles. The van der Waals surface area contributed by atoms with Crippen molar-refractivity contribution < 1.29 is 14.7 Å². The van der Waals surface area contributed by atoms with E-state index in [-0.39, 0.29) is 23.9 Å². The van der Waals surface area contributed by atoms with Gasteiger partial charge in [0.2, 0.25) is 5.91 Å². The third-order valence-corrected chi connectivity index (χ3v) is 5.95. The Balaban J connectivity index is 1.33. The average Bonchev–Trinajstić information content (AvgIpc) is 3.38. The molecule has 160 valence electrons. The lowest BCUT2D eigenvalue weighted by Gasteiger charge is -2.38. The first-order valence-electron chi connectivity index (χ1n) is 10.4. The molecule has 0 spiro atoms. The Morgan fingerprint density at radius 2 is 2.10 bits per heavy atom. The van der Waals surface area contributed by atoms with E-state index in [1.54, 1.807) is 29.5 Å². The van der Waals surface area contributed by atoms with Gasteiger partial charge in [0.05, 0.1) is 18.5 Å². The first-order chi connectivity index (χ1) is 14.5. The van der Waals surface area contributed by atoms with E-state index in [0.717, 1.165) is 18.4 Å². The summed E-state index contributed by atoms with van der Waals surface area (Å²) in [5, 5.41) is 13.2. The monoisotopic (exact) mass is 412 g/mol. The van der Waals surface area contributed by atoms with Gasteiger partial charge in [-0.2, -0.15) is 0 Å². The van der Waals surface area contributed by atoms with Gasteiger partial charge in [0, 0.05) is 57.9 Å². The van der Waals surface area contributed by atoms with Crippen molar-refractivity contribution in [2.45, 2.75) is 44.0 Å². The molecule has 2 atom stereocenters. The second kappa shape index (κ2) is 8.93. The number of hydrogen-bond acceptors (Lipinski definition) is 6. The van der Waals surface area contributed by atoms with Crippen molar-refractivity contribution in [2.24, 2.45) is 7.05 Å². The Bertz CT molecular complexity index is 878. The van der Waals surface area contributed by atoms with Gasteiger partial charge in [0.15, 0.2) is 0 Å². The molecule has 0 saturated carbocycles. The van der Waals surface area contributed by atoms with Gasteiger partial charge < -0.3 is 19.9 Å². The van der Waals surface area contributed by atoms with E-state index in [1.165, 1.54) is 0 Å². The maximum Gasteiger partial charge on any atom is 0.274 e. The number of rotatable bonds is 5. The summed E-state index contributed by atoms with van der Waals surface area (Å²) in [4.78, 5) is 37.6. The predicted octanol–water partition coefficient (Wildman–Crippen LogP) is 0.171. The number of carbonyl (C=O) groups excluding carboxylic acids is 2. The lowest BCUT2D eigenvalue weighted by atomic mass is 10.0. The van der Waals surface area contributed by atoms with E-state index < -0.39 is 6.10 Å². The summed E-state index contributed by atoms with van der Waals surface area (Å²) in [5.41, 5.74) is 1.40. The number of carbonyl (C=O) groups is 2. The topological polar surface area (TPSA) is 104 Å². The molecule has 0 aliphatic carbocycles. The molecule has 0 unspecified atom stereocenters. The summed E-state index contributed by atoms with van der Waals surface area (Å²) >= 11 is 0. The van der Waals surface area contributed by atoms with Crippen LogP contribution in [0.25, 0.3) is 0 Å². The van der Waals surface area contributed by atoms with Crippen LogP contribution in [0.4, 0.5) is 0 Å². The Labute approximate surface area is 175 Å². The zero-order chi connectivity index (χ0) is 21.1. The first kappa shape index (κ1) is 20.5. The molecule has 4 rings (SSSR count). The minimum absolute atomic E-state index is 0.0544. The summed E-state index contributed by atoms with van der Waals surface area (Å²) in [5.74, 6) is -0.122. The van der Waals surface area contributed by atoms with Crippen LogP contribution in [0, 0.1) is 0 Å². The third-order valence-electron chi connectivity index (χ3n) is 5.95. The van der Waals surface area contributed by atoms with Crippen LogP contribution in [0.5, 0.6) is 0 Å². The molecule has 2 aliphatic heterocycles. The number of β-amino-alcohol motifs (C(OH)–C–C–N with tert-alkyl or cyclic N) is 1. The fourth-order valence-corrected chi connectivity index (χ4v) is 4.39. The zero-order valence-electron chi connectivity index (χ0n) is 17.1. The molecule has 0 aromatic carbocycles. The minimum Gasteiger partial charge on any atom is -0.392 e. The fourth-order valence-electron chi connectivity index (χ4n) is 4.39.